The van der Waals surface area contributed by atoms with E-state index in [2.05, 4.69) is 20.9 Å². The summed E-state index contributed by atoms with van der Waals surface area (Å²) in [5.74, 6) is 1.54. The van der Waals surface area contributed by atoms with Crippen molar-refractivity contribution < 1.29 is 9.21 Å². The quantitative estimate of drug-likeness (QED) is 0.539. The van der Waals surface area contributed by atoms with Crippen LogP contribution in [0.25, 0.3) is 0 Å². The average Bonchev–Trinajstić information content (AvgIpc) is 3.07. The molecule has 2 aromatic rings. The van der Waals surface area contributed by atoms with Gasteiger partial charge in [0.25, 0.3) is 0 Å². The van der Waals surface area contributed by atoms with E-state index in [1.807, 2.05) is 43.3 Å². The van der Waals surface area contributed by atoms with E-state index < -0.39 is 0 Å². The molecule has 1 aromatic heterocycles. The van der Waals surface area contributed by atoms with Crippen molar-refractivity contribution in [3.63, 3.8) is 0 Å². The molecular formula is C18H24N4O2. The molecule has 0 aliphatic carbocycles. The third kappa shape index (κ3) is 6.16. The summed E-state index contributed by atoms with van der Waals surface area (Å²) in [6.45, 7) is 5.61. The summed E-state index contributed by atoms with van der Waals surface area (Å²) in [5.41, 5.74) is 2.01. The van der Waals surface area contributed by atoms with Crippen molar-refractivity contribution in [2.24, 2.45) is 4.99 Å². The van der Waals surface area contributed by atoms with Crippen LogP contribution in [0.3, 0.4) is 0 Å². The van der Waals surface area contributed by atoms with Crippen molar-refractivity contribution >= 4 is 17.6 Å². The van der Waals surface area contributed by atoms with E-state index in [0.29, 0.717) is 6.54 Å². The number of aliphatic imine (C=N–C) groups is 1. The van der Waals surface area contributed by atoms with Gasteiger partial charge in [0.15, 0.2) is 5.96 Å². The van der Waals surface area contributed by atoms with Crippen LogP contribution in [0.15, 0.2) is 52.1 Å². The molecule has 6 nitrogen and oxygen atoms in total. The highest BCUT2D eigenvalue weighted by atomic mass is 16.3. The van der Waals surface area contributed by atoms with Crippen LogP contribution in [0.4, 0.5) is 5.69 Å². The fourth-order valence-corrected chi connectivity index (χ4v) is 2.18. The van der Waals surface area contributed by atoms with Gasteiger partial charge in [-0.1, -0.05) is 12.1 Å². The fourth-order valence-electron chi connectivity index (χ4n) is 2.18. The highest BCUT2D eigenvalue weighted by molar-refractivity contribution is 5.88. The van der Waals surface area contributed by atoms with Crippen molar-refractivity contribution in [2.45, 2.75) is 26.8 Å². The smallest absolute Gasteiger partial charge is 0.221 e. The first-order valence-electron chi connectivity index (χ1n) is 8.08. The van der Waals surface area contributed by atoms with Crippen molar-refractivity contribution in [3.05, 3.63) is 54.0 Å². The number of nitrogens with zero attached hydrogens (tertiary/aromatic N) is 1. The lowest BCUT2D eigenvalue weighted by Crippen LogP contribution is -2.38. The SMILES string of the molecule is CCNC(=NCc1ccco1)NCCc1ccc(NC(C)=O)cc1. The monoisotopic (exact) mass is 328 g/mol. The second-order valence-corrected chi connectivity index (χ2v) is 5.33. The minimum absolute atomic E-state index is 0.0625. The predicted octanol–water partition coefficient (Wildman–Crippen LogP) is 2.54. The maximum Gasteiger partial charge on any atom is 0.221 e. The molecule has 3 N–H and O–H groups in total. The zero-order chi connectivity index (χ0) is 17.2. The maximum absolute atomic E-state index is 11.0. The number of anilines is 1. The lowest BCUT2D eigenvalue weighted by molar-refractivity contribution is -0.114. The first kappa shape index (κ1) is 17.6. The number of hydrogen-bond acceptors (Lipinski definition) is 3. The Hall–Kier alpha value is -2.76. The van der Waals surface area contributed by atoms with Crippen LogP contribution in [0.2, 0.25) is 0 Å². The van der Waals surface area contributed by atoms with Crippen molar-refractivity contribution in [1.82, 2.24) is 10.6 Å². The van der Waals surface area contributed by atoms with Crippen LogP contribution in [0.1, 0.15) is 25.2 Å². The minimum atomic E-state index is -0.0625. The van der Waals surface area contributed by atoms with E-state index in [1.54, 1.807) is 6.26 Å². The number of carbonyl (C=O) groups excluding carboxylic acids is 1. The Morgan fingerprint density at radius 3 is 2.58 bits per heavy atom. The Morgan fingerprint density at radius 2 is 1.96 bits per heavy atom. The number of amides is 1. The van der Waals surface area contributed by atoms with E-state index in [-0.39, 0.29) is 5.91 Å². The first-order chi connectivity index (χ1) is 11.7. The molecule has 1 aromatic carbocycles. The van der Waals surface area contributed by atoms with Gasteiger partial charge in [-0.2, -0.15) is 0 Å². The van der Waals surface area contributed by atoms with Crippen LogP contribution < -0.4 is 16.0 Å². The van der Waals surface area contributed by atoms with Gasteiger partial charge in [0, 0.05) is 25.7 Å². The molecular weight excluding hydrogens is 304 g/mol. The van der Waals surface area contributed by atoms with Crippen LogP contribution >= 0.6 is 0 Å². The number of nitrogens with one attached hydrogen (secondary N) is 3. The van der Waals surface area contributed by atoms with Crippen LogP contribution in [0, 0.1) is 0 Å². The molecule has 0 bridgehead atoms. The molecule has 1 heterocycles. The highest BCUT2D eigenvalue weighted by Crippen LogP contribution is 2.09. The third-order valence-corrected chi connectivity index (χ3v) is 3.30. The van der Waals surface area contributed by atoms with Gasteiger partial charge in [-0.15, -0.1) is 0 Å². The maximum atomic E-state index is 11.0. The average molecular weight is 328 g/mol. The first-order valence-corrected chi connectivity index (χ1v) is 8.08. The molecule has 0 spiro atoms. The Labute approximate surface area is 142 Å². The van der Waals surface area contributed by atoms with Gasteiger partial charge >= 0.3 is 0 Å². The van der Waals surface area contributed by atoms with E-state index in [4.69, 9.17) is 4.42 Å². The normalized spacial score (nSPS) is 11.2. The number of rotatable bonds is 7. The summed E-state index contributed by atoms with van der Waals surface area (Å²) < 4.78 is 5.28. The Bertz CT molecular complexity index is 648. The van der Waals surface area contributed by atoms with Crippen molar-refractivity contribution in [3.8, 4) is 0 Å². The van der Waals surface area contributed by atoms with Crippen molar-refractivity contribution in [2.75, 3.05) is 18.4 Å². The summed E-state index contributed by atoms with van der Waals surface area (Å²) in [4.78, 5) is 15.5. The molecule has 2 rings (SSSR count). The molecule has 0 radical (unpaired) electrons. The lowest BCUT2D eigenvalue weighted by atomic mass is 10.1. The largest absolute Gasteiger partial charge is 0.467 e. The Morgan fingerprint density at radius 1 is 1.17 bits per heavy atom. The zero-order valence-corrected chi connectivity index (χ0v) is 14.1. The topological polar surface area (TPSA) is 78.7 Å². The second-order valence-electron chi connectivity index (χ2n) is 5.33. The molecule has 6 heteroatoms. The lowest BCUT2D eigenvalue weighted by Gasteiger charge is -2.11. The molecule has 128 valence electrons. The Balaban J connectivity index is 1.81. The molecule has 0 fully saturated rings. The Kier molecular flexibility index (Phi) is 6.89. The van der Waals surface area contributed by atoms with Gasteiger partial charge < -0.3 is 20.4 Å². The number of guanidine groups is 1. The van der Waals surface area contributed by atoms with Gasteiger partial charge in [-0.25, -0.2) is 4.99 Å². The van der Waals surface area contributed by atoms with Gasteiger partial charge in [-0.3, -0.25) is 4.79 Å². The molecule has 0 unspecified atom stereocenters. The number of furan rings is 1. The second kappa shape index (κ2) is 9.39. The van der Waals surface area contributed by atoms with Crippen LogP contribution in [-0.2, 0) is 17.8 Å². The van der Waals surface area contributed by atoms with Crippen LogP contribution in [0.5, 0.6) is 0 Å². The highest BCUT2D eigenvalue weighted by Gasteiger charge is 2.00. The third-order valence-electron chi connectivity index (χ3n) is 3.30. The minimum Gasteiger partial charge on any atom is -0.467 e. The van der Waals surface area contributed by atoms with Gasteiger partial charge in [0.05, 0.1) is 6.26 Å². The van der Waals surface area contributed by atoms with Crippen LogP contribution in [-0.4, -0.2) is 25.0 Å². The number of carbonyl (C=O) groups is 1. The summed E-state index contributed by atoms with van der Waals surface area (Å²) >= 11 is 0. The van der Waals surface area contributed by atoms with E-state index in [9.17, 15) is 4.79 Å². The molecule has 0 saturated carbocycles. The van der Waals surface area contributed by atoms with E-state index >= 15 is 0 Å². The molecule has 0 atom stereocenters. The summed E-state index contributed by atoms with van der Waals surface area (Å²) in [6, 6.07) is 11.6. The summed E-state index contributed by atoms with van der Waals surface area (Å²) in [5, 5.41) is 9.28. The number of hydrogen-bond donors (Lipinski definition) is 3. The van der Waals surface area contributed by atoms with E-state index in [1.165, 1.54) is 12.5 Å². The van der Waals surface area contributed by atoms with Crippen molar-refractivity contribution in [1.29, 1.82) is 0 Å². The standard InChI is InChI=1S/C18H24N4O2/c1-3-19-18(21-13-17-5-4-12-24-17)20-11-10-15-6-8-16(9-7-15)22-14(2)23/h4-9,12H,3,10-11,13H2,1-2H3,(H,22,23)(H2,19,20,21). The van der Waals surface area contributed by atoms with E-state index in [0.717, 1.165) is 36.9 Å². The van der Waals surface area contributed by atoms with Gasteiger partial charge in [-0.05, 0) is 43.2 Å². The molecule has 1 amide bonds. The number of benzene rings is 1. The fraction of sp³-hybridized carbons (Fsp3) is 0.333. The molecule has 0 aliphatic heterocycles. The molecule has 24 heavy (non-hydrogen) atoms. The zero-order valence-electron chi connectivity index (χ0n) is 14.1. The van der Waals surface area contributed by atoms with Gasteiger partial charge in [0.2, 0.25) is 5.91 Å². The predicted molar refractivity (Wildman–Crippen MR) is 96.0 cm³/mol. The molecule has 0 saturated heterocycles. The summed E-state index contributed by atoms with van der Waals surface area (Å²) in [6.07, 6.45) is 2.52. The molecule has 0 aliphatic rings. The van der Waals surface area contributed by atoms with Gasteiger partial charge in [0.1, 0.15) is 12.3 Å². The summed E-state index contributed by atoms with van der Waals surface area (Å²) in [7, 11) is 0.